The number of anilines is 1. The lowest BCUT2D eigenvalue weighted by Crippen LogP contribution is -2.02. The molecule has 0 unspecified atom stereocenters. The third kappa shape index (κ3) is 1.33. The van der Waals surface area contributed by atoms with E-state index in [2.05, 4.69) is 15.1 Å². The van der Waals surface area contributed by atoms with Gasteiger partial charge in [0.25, 0.3) is 0 Å². The van der Waals surface area contributed by atoms with Gasteiger partial charge >= 0.3 is 0 Å². The summed E-state index contributed by atoms with van der Waals surface area (Å²) in [5.41, 5.74) is 6.26. The molecule has 0 atom stereocenters. The van der Waals surface area contributed by atoms with Gasteiger partial charge in [-0.3, -0.25) is 0 Å². The third-order valence-electron chi connectivity index (χ3n) is 1.76. The molecule has 0 aliphatic rings. The van der Waals surface area contributed by atoms with Crippen molar-refractivity contribution < 1.29 is 4.79 Å². The van der Waals surface area contributed by atoms with Crippen molar-refractivity contribution in [3.8, 4) is 0 Å². The number of carbonyl (C=O) groups is 1. The molecule has 0 amide bonds. The lowest BCUT2D eigenvalue weighted by Gasteiger charge is -1.96. The van der Waals surface area contributed by atoms with Crippen molar-refractivity contribution >= 4 is 45.7 Å². The number of nitrogen functional groups attached to an aromatic ring is 1. The highest BCUT2D eigenvalue weighted by Gasteiger charge is 2.12. The normalized spacial score (nSPS) is 10.6. The fraction of sp³-hybridized carbons (Fsp3) is 0.143. The van der Waals surface area contributed by atoms with E-state index in [0.29, 0.717) is 20.6 Å². The van der Waals surface area contributed by atoms with Crippen LogP contribution in [0.4, 0.5) is 5.82 Å². The second-order valence-corrected chi connectivity index (χ2v) is 3.62. The number of hydrogen-bond donors (Lipinski definition) is 1. The number of fused-ring (bicyclic) bond motifs is 1. The van der Waals surface area contributed by atoms with Crippen LogP contribution in [0.5, 0.6) is 0 Å². The molecule has 0 aliphatic carbocycles. The maximum Gasteiger partial charge on any atom is 0.164 e. The molecule has 0 bridgehead atoms. The molecule has 2 heterocycles. The van der Waals surface area contributed by atoms with Gasteiger partial charge in [-0.25, -0.2) is 14.6 Å². The van der Waals surface area contributed by atoms with Gasteiger partial charge in [-0.1, -0.05) is 0 Å². The van der Waals surface area contributed by atoms with Crippen LogP contribution in [0.3, 0.4) is 0 Å². The van der Waals surface area contributed by atoms with E-state index in [1.54, 1.807) is 0 Å². The Hall–Kier alpha value is -1.25. The van der Waals surface area contributed by atoms with E-state index in [4.69, 9.17) is 5.73 Å². The van der Waals surface area contributed by atoms with Gasteiger partial charge in [0.1, 0.15) is 22.1 Å². The molecule has 14 heavy (non-hydrogen) atoms. The van der Waals surface area contributed by atoms with Crippen molar-refractivity contribution in [2.45, 2.75) is 6.54 Å². The Bertz CT molecular complexity index is 494. The zero-order chi connectivity index (χ0) is 10.1. The molecule has 6 nitrogen and oxygen atoms in total. The molecule has 0 aromatic carbocycles. The Balaban J connectivity index is 2.77. The van der Waals surface area contributed by atoms with E-state index in [0.717, 1.165) is 6.29 Å². The van der Waals surface area contributed by atoms with Gasteiger partial charge in [0.05, 0.1) is 11.9 Å². The van der Waals surface area contributed by atoms with Gasteiger partial charge in [-0.15, -0.1) is 0 Å². The summed E-state index contributed by atoms with van der Waals surface area (Å²) < 4.78 is 2.21. The van der Waals surface area contributed by atoms with E-state index in [9.17, 15) is 4.79 Å². The van der Waals surface area contributed by atoms with Crippen molar-refractivity contribution in [1.29, 1.82) is 0 Å². The monoisotopic (exact) mass is 303 g/mol. The van der Waals surface area contributed by atoms with Crippen molar-refractivity contribution in [2.24, 2.45) is 0 Å². The van der Waals surface area contributed by atoms with Crippen molar-refractivity contribution in [3.05, 3.63) is 10.0 Å². The molecular formula is C7H6IN5O. The first-order valence-corrected chi connectivity index (χ1v) is 4.88. The molecule has 72 valence electrons. The molecule has 2 rings (SSSR count). The number of aldehydes is 1. The number of halogens is 1. The quantitative estimate of drug-likeness (QED) is 0.633. The van der Waals surface area contributed by atoms with Gasteiger partial charge in [-0.05, 0) is 22.6 Å². The molecule has 7 heteroatoms. The van der Waals surface area contributed by atoms with E-state index >= 15 is 0 Å². The highest BCUT2D eigenvalue weighted by Crippen LogP contribution is 2.21. The number of nitrogens with zero attached hydrogens (tertiary/aromatic N) is 4. The summed E-state index contributed by atoms with van der Waals surface area (Å²) in [5.74, 6) is 0.386. The van der Waals surface area contributed by atoms with E-state index < -0.39 is 0 Å². The molecule has 0 saturated carbocycles. The highest BCUT2D eigenvalue weighted by molar-refractivity contribution is 14.1. The largest absolute Gasteiger partial charge is 0.383 e. The predicted octanol–water partition coefficient (Wildman–Crippen LogP) is 0.212. The average Bonchev–Trinajstić information content (AvgIpc) is 2.46. The minimum Gasteiger partial charge on any atom is -0.383 e. The summed E-state index contributed by atoms with van der Waals surface area (Å²) in [4.78, 5) is 18.3. The number of nitrogens with two attached hydrogens (primary N) is 1. The van der Waals surface area contributed by atoms with Gasteiger partial charge in [0, 0.05) is 0 Å². The molecule has 0 radical (unpaired) electrons. The summed E-state index contributed by atoms with van der Waals surface area (Å²) in [6, 6.07) is 0. The fourth-order valence-corrected chi connectivity index (χ4v) is 1.96. The zero-order valence-electron chi connectivity index (χ0n) is 7.01. The Morgan fingerprint density at radius 1 is 1.57 bits per heavy atom. The second-order valence-electron chi connectivity index (χ2n) is 2.60. The van der Waals surface area contributed by atoms with E-state index in [-0.39, 0.29) is 6.54 Å². The Labute approximate surface area is 92.7 Å². The predicted molar refractivity (Wildman–Crippen MR) is 58.5 cm³/mol. The number of aromatic nitrogens is 4. The molecule has 2 N–H and O–H groups in total. The van der Waals surface area contributed by atoms with Crippen molar-refractivity contribution in [1.82, 2.24) is 19.7 Å². The Morgan fingerprint density at radius 2 is 2.36 bits per heavy atom. The molecule has 2 aromatic rings. The first kappa shape index (κ1) is 9.31. The maximum absolute atomic E-state index is 10.4. The number of hydrogen-bond acceptors (Lipinski definition) is 5. The van der Waals surface area contributed by atoms with Crippen LogP contribution in [0.15, 0.2) is 6.33 Å². The lowest BCUT2D eigenvalue weighted by atomic mass is 10.4. The molecule has 0 spiro atoms. The van der Waals surface area contributed by atoms with Crippen LogP contribution >= 0.6 is 22.6 Å². The maximum atomic E-state index is 10.4. The van der Waals surface area contributed by atoms with Crippen molar-refractivity contribution in [2.75, 3.05) is 5.73 Å². The summed E-state index contributed by atoms with van der Waals surface area (Å²) in [6.45, 7) is 0.177. The van der Waals surface area contributed by atoms with Gasteiger partial charge in [0.15, 0.2) is 5.65 Å². The van der Waals surface area contributed by atoms with E-state index in [1.165, 1.54) is 11.0 Å². The third-order valence-corrected chi connectivity index (χ3v) is 2.52. The van der Waals surface area contributed by atoms with E-state index in [1.807, 2.05) is 22.6 Å². The molecule has 2 aromatic heterocycles. The Morgan fingerprint density at radius 3 is 3.07 bits per heavy atom. The van der Waals surface area contributed by atoms with Gasteiger partial charge in [-0.2, -0.15) is 5.10 Å². The lowest BCUT2D eigenvalue weighted by molar-refractivity contribution is -0.108. The Kier molecular flexibility index (Phi) is 2.32. The van der Waals surface area contributed by atoms with Gasteiger partial charge < -0.3 is 10.5 Å². The second kappa shape index (κ2) is 3.48. The van der Waals surface area contributed by atoms with Gasteiger partial charge in [0.2, 0.25) is 0 Å². The minimum atomic E-state index is 0.177. The highest BCUT2D eigenvalue weighted by atomic mass is 127. The number of carbonyl (C=O) groups excluding carboxylic acids is 1. The smallest absolute Gasteiger partial charge is 0.164 e. The summed E-state index contributed by atoms with van der Waals surface area (Å²) in [6.07, 6.45) is 2.12. The number of rotatable bonds is 2. The standard InChI is InChI=1S/C7H6IN5O/c8-5-4-6(9)10-3-11-7(4)13(12-5)1-2-14/h2-3H,1H2,(H2,9,10,11). The topological polar surface area (TPSA) is 86.7 Å². The van der Waals surface area contributed by atoms with Crippen LogP contribution in [0.25, 0.3) is 11.0 Å². The summed E-state index contributed by atoms with van der Waals surface area (Å²) >= 11 is 2.04. The zero-order valence-corrected chi connectivity index (χ0v) is 9.17. The van der Waals surface area contributed by atoms with Crippen LogP contribution in [-0.4, -0.2) is 26.0 Å². The minimum absolute atomic E-state index is 0.177. The van der Waals surface area contributed by atoms with Crippen LogP contribution in [0, 0.1) is 3.70 Å². The first-order valence-electron chi connectivity index (χ1n) is 3.80. The molecule has 0 aliphatic heterocycles. The first-order chi connectivity index (χ1) is 6.74. The molecule has 0 saturated heterocycles. The average molecular weight is 303 g/mol. The van der Waals surface area contributed by atoms with Crippen LogP contribution in [-0.2, 0) is 11.3 Å². The van der Waals surface area contributed by atoms with Crippen molar-refractivity contribution in [3.63, 3.8) is 0 Å². The molecule has 0 fully saturated rings. The van der Waals surface area contributed by atoms with Crippen LogP contribution < -0.4 is 5.73 Å². The van der Waals surface area contributed by atoms with Crippen LogP contribution in [0.2, 0.25) is 0 Å². The summed E-state index contributed by atoms with van der Waals surface area (Å²) in [7, 11) is 0. The summed E-state index contributed by atoms with van der Waals surface area (Å²) in [5, 5.41) is 4.83. The fourth-order valence-electron chi connectivity index (χ4n) is 1.18. The molecular weight excluding hydrogens is 297 g/mol. The van der Waals surface area contributed by atoms with Crippen LogP contribution in [0.1, 0.15) is 0 Å². The SMILES string of the molecule is Nc1ncnc2c1c(I)nn2CC=O.